The zero-order chi connectivity index (χ0) is 13.8. The summed E-state index contributed by atoms with van der Waals surface area (Å²) in [5.41, 5.74) is 1.36. The molecule has 2 aliphatic rings. The van der Waals surface area contributed by atoms with Crippen LogP contribution in [0.25, 0.3) is 0 Å². The fourth-order valence-electron chi connectivity index (χ4n) is 3.21. The van der Waals surface area contributed by atoms with E-state index in [0.717, 1.165) is 17.5 Å². The second kappa shape index (κ2) is 6.90. The first-order valence-electron chi connectivity index (χ1n) is 7.69. The molecule has 3 rings (SSSR count). The van der Waals surface area contributed by atoms with Gasteiger partial charge in [0.25, 0.3) is 0 Å². The molecule has 0 amide bonds. The molecule has 1 aromatic carbocycles. The monoisotopic (exact) mass is 293 g/mol. The molecule has 20 heavy (non-hydrogen) atoms. The molecule has 0 bridgehead atoms. The third-order valence-electron chi connectivity index (χ3n) is 4.46. The fourth-order valence-corrected chi connectivity index (χ4v) is 3.34. The van der Waals surface area contributed by atoms with Crippen LogP contribution in [-0.2, 0) is 6.54 Å². The molecule has 0 aliphatic carbocycles. The number of nitrogens with one attached hydrogen (secondary N) is 1. The van der Waals surface area contributed by atoms with Crippen LogP contribution in [0, 0.1) is 5.92 Å². The van der Waals surface area contributed by atoms with Crippen molar-refractivity contribution < 1.29 is 0 Å². The lowest BCUT2D eigenvalue weighted by molar-refractivity contribution is 0.115. The minimum Gasteiger partial charge on any atom is -0.316 e. The van der Waals surface area contributed by atoms with E-state index in [0.29, 0.717) is 0 Å². The Balaban J connectivity index is 1.42. The molecule has 0 spiro atoms. The van der Waals surface area contributed by atoms with Gasteiger partial charge in [-0.25, -0.2) is 0 Å². The number of halogens is 1. The van der Waals surface area contributed by atoms with Crippen molar-refractivity contribution in [2.75, 3.05) is 45.8 Å². The fraction of sp³-hybridized carbons (Fsp3) is 0.625. The largest absolute Gasteiger partial charge is 0.316 e. The SMILES string of the molecule is Clc1ccc(CN2CCN(C[C@@H]3CCNC3)CC2)cc1. The summed E-state index contributed by atoms with van der Waals surface area (Å²) in [4.78, 5) is 5.18. The molecule has 2 fully saturated rings. The van der Waals surface area contributed by atoms with Crippen molar-refractivity contribution in [2.45, 2.75) is 13.0 Å². The Morgan fingerprint density at radius 3 is 2.40 bits per heavy atom. The zero-order valence-corrected chi connectivity index (χ0v) is 12.8. The molecule has 2 aliphatic heterocycles. The van der Waals surface area contributed by atoms with E-state index in [1.165, 1.54) is 57.8 Å². The van der Waals surface area contributed by atoms with Gasteiger partial charge in [-0.1, -0.05) is 23.7 Å². The minimum absolute atomic E-state index is 0.823. The van der Waals surface area contributed by atoms with Gasteiger partial charge in [0.1, 0.15) is 0 Å². The molecule has 110 valence electrons. The Hall–Kier alpha value is -0.610. The summed E-state index contributed by atoms with van der Waals surface area (Å²) in [5.74, 6) is 0.873. The van der Waals surface area contributed by atoms with Crippen molar-refractivity contribution in [3.8, 4) is 0 Å². The van der Waals surface area contributed by atoms with E-state index in [-0.39, 0.29) is 0 Å². The second-order valence-corrected chi connectivity index (χ2v) is 6.50. The van der Waals surface area contributed by atoms with Crippen molar-refractivity contribution >= 4 is 11.6 Å². The summed E-state index contributed by atoms with van der Waals surface area (Å²) >= 11 is 5.93. The summed E-state index contributed by atoms with van der Waals surface area (Å²) in [6.45, 7) is 9.55. The topological polar surface area (TPSA) is 18.5 Å². The number of hydrogen-bond donors (Lipinski definition) is 1. The van der Waals surface area contributed by atoms with Gasteiger partial charge in [-0.15, -0.1) is 0 Å². The highest BCUT2D eigenvalue weighted by molar-refractivity contribution is 6.30. The smallest absolute Gasteiger partial charge is 0.0406 e. The van der Waals surface area contributed by atoms with Gasteiger partial charge in [-0.05, 0) is 43.1 Å². The van der Waals surface area contributed by atoms with E-state index in [2.05, 4.69) is 27.2 Å². The van der Waals surface area contributed by atoms with E-state index < -0.39 is 0 Å². The molecule has 0 unspecified atom stereocenters. The number of rotatable bonds is 4. The first-order valence-corrected chi connectivity index (χ1v) is 8.07. The number of nitrogens with zero attached hydrogens (tertiary/aromatic N) is 2. The molecule has 4 heteroatoms. The first-order chi connectivity index (χ1) is 9.79. The van der Waals surface area contributed by atoms with Gasteiger partial charge in [0.15, 0.2) is 0 Å². The molecule has 3 nitrogen and oxygen atoms in total. The van der Waals surface area contributed by atoms with Crippen molar-refractivity contribution in [3.63, 3.8) is 0 Å². The second-order valence-electron chi connectivity index (χ2n) is 6.06. The lowest BCUT2D eigenvalue weighted by Gasteiger charge is -2.35. The van der Waals surface area contributed by atoms with Crippen LogP contribution in [-0.4, -0.2) is 55.6 Å². The van der Waals surface area contributed by atoms with E-state index in [9.17, 15) is 0 Å². The van der Waals surface area contributed by atoms with Crippen LogP contribution in [0.4, 0.5) is 0 Å². The Morgan fingerprint density at radius 2 is 1.75 bits per heavy atom. The van der Waals surface area contributed by atoms with Crippen LogP contribution >= 0.6 is 11.6 Å². The maximum atomic E-state index is 5.93. The van der Waals surface area contributed by atoms with E-state index in [4.69, 9.17) is 11.6 Å². The quantitative estimate of drug-likeness (QED) is 0.917. The average molecular weight is 294 g/mol. The van der Waals surface area contributed by atoms with Crippen LogP contribution in [0.15, 0.2) is 24.3 Å². The van der Waals surface area contributed by atoms with Gasteiger partial charge in [-0.3, -0.25) is 4.90 Å². The van der Waals surface area contributed by atoms with E-state index in [1.807, 2.05) is 12.1 Å². The minimum atomic E-state index is 0.823. The van der Waals surface area contributed by atoms with Crippen molar-refractivity contribution in [1.82, 2.24) is 15.1 Å². The van der Waals surface area contributed by atoms with Gasteiger partial charge >= 0.3 is 0 Å². The number of benzene rings is 1. The Kier molecular flexibility index (Phi) is 4.94. The van der Waals surface area contributed by atoms with Gasteiger partial charge in [0.2, 0.25) is 0 Å². The van der Waals surface area contributed by atoms with Crippen LogP contribution in [0.3, 0.4) is 0 Å². The summed E-state index contributed by atoms with van der Waals surface area (Å²) in [6, 6.07) is 8.25. The van der Waals surface area contributed by atoms with Crippen molar-refractivity contribution in [2.24, 2.45) is 5.92 Å². The molecule has 0 aromatic heterocycles. The van der Waals surface area contributed by atoms with Gasteiger partial charge < -0.3 is 10.2 Å². The first kappa shape index (κ1) is 14.3. The normalized spacial score (nSPS) is 25.1. The van der Waals surface area contributed by atoms with Crippen molar-refractivity contribution in [1.29, 1.82) is 0 Å². The molecule has 2 saturated heterocycles. The summed E-state index contributed by atoms with van der Waals surface area (Å²) in [7, 11) is 0. The Labute approximate surface area is 126 Å². The van der Waals surface area contributed by atoms with Crippen LogP contribution in [0.2, 0.25) is 5.02 Å². The van der Waals surface area contributed by atoms with Gasteiger partial charge in [0, 0.05) is 44.3 Å². The molecule has 1 aromatic rings. The molecular formula is C16H24ClN3. The van der Waals surface area contributed by atoms with E-state index in [1.54, 1.807) is 0 Å². The molecule has 0 saturated carbocycles. The van der Waals surface area contributed by atoms with Crippen molar-refractivity contribution in [3.05, 3.63) is 34.9 Å². The maximum Gasteiger partial charge on any atom is 0.0406 e. The molecule has 1 N–H and O–H groups in total. The summed E-state index contributed by atoms with van der Waals surface area (Å²) in [6.07, 6.45) is 1.35. The number of hydrogen-bond acceptors (Lipinski definition) is 3. The predicted octanol–water partition coefficient (Wildman–Crippen LogP) is 2.07. The van der Waals surface area contributed by atoms with Crippen LogP contribution in [0.1, 0.15) is 12.0 Å². The number of piperazine rings is 1. The predicted molar refractivity (Wildman–Crippen MR) is 84.1 cm³/mol. The third kappa shape index (κ3) is 3.95. The highest BCUT2D eigenvalue weighted by atomic mass is 35.5. The Morgan fingerprint density at radius 1 is 1.05 bits per heavy atom. The van der Waals surface area contributed by atoms with Gasteiger partial charge in [0.05, 0.1) is 0 Å². The maximum absolute atomic E-state index is 5.93. The third-order valence-corrected chi connectivity index (χ3v) is 4.72. The molecule has 0 radical (unpaired) electrons. The highest BCUT2D eigenvalue weighted by Crippen LogP contribution is 2.15. The standard InChI is InChI=1S/C16H24ClN3/c17-16-3-1-14(2-4-16)12-19-7-9-20(10-8-19)13-15-5-6-18-11-15/h1-4,15,18H,5-13H2/t15-/m1/s1. The van der Waals surface area contributed by atoms with Crippen LogP contribution in [0.5, 0.6) is 0 Å². The average Bonchev–Trinajstić information content (AvgIpc) is 2.96. The lowest BCUT2D eigenvalue weighted by atomic mass is 10.1. The van der Waals surface area contributed by atoms with Crippen LogP contribution < -0.4 is 5.32 Å². The van der Waals surface area contributed by atoms with Gasteiger partial charge in [-0.2, -0.15) is 0 Å². The summed E-state index contributed by atoms with van der Waals surface area (Å²) in [5, 5.41) is 4.28. The van der Waals surface area contributed by atoms with E-state index >= 15 is 0 Å². The summed E-state index contributed by atoms with van der Waals surface area (Å²) < 4.78 is 0. The molecular weight excluding hydrogens is 270 g/mol. The Bertz CT molecular complexity index is 406. The lowest BCUT2D eigenvalue weighted by Crippen LogP contribution is -2.47. The zero-order valence-electron chi connectivity index (χ0n) is 12.0. The molecule has 2 heterocycles. The molecule has 1 atom stereocenters. The highest BCUT2D eigenvalue weighted by Gasteiger charge is 2.21.